The van der Waals surface area contributed by atoms with Crippen LogP contribution in [-0.4, -0.2) is 18.2 Å². The number of phenolic OH excluding ortho intramolecular Hbond substituents is 1. The van der Waals surface area contributed by atoms with E-state index in [0.717, 1.165) is 0 Å². The van der Waals surface area contributed by atoms with E-state index in [0.29, 0.717) is 5.56 Å². The topological polar surface area (TPSA) is 106 Å². The molecule has 1 atom stereocenters. The zero-order valence-electron chi connectivity index (χ0n) is 11.6. The number of benzene rings is 1. The van der Waals surface area contributed by atoms with Gasteiger partial charge in [-0.25, -0.2) is 4.79 Å². The van der Waals surface area contributed by atoms with E-state index in [4.69, 9.17) is 15.2 Å². The molecule has 0 spiro atoms. The van der Waals surface area contributed by atoms with Gasteiger partial charge in [0.15, 0.2) is 0 Å². The quantitative estimate of drug-likeness (QED) is 0.801. The lowest BCUT2D eigenvalue weighted by Gasteiger charge is -2.26. The molecular weight excluding hydrogens is 272 g/mol. The Kier molecular flexibility index (Phi) is 3.85. The fraction of sp³-hybridized carbons (Fsp3) is 0.200. The molecule has 0 saturated heterocycles. The average molecular weight is 286 g/mol. The highest BCUT2D eigenvalue weighted by atomic mass is 16.5. The van der Waals surface area contributed by atoms with Gasteiger partial charge in [-0.05, 0) is 24.6 Å². The molecule has 1 aliphatic heterocycles. The Morgan fingerprint density at radius 2 is 2.05 bits per heavy atom. The first-order valence-electron chi connectivity index (χ1n) is 6.15. The van der Waals surface area contributed by atoms with Crippen LogP contribution in [0.25, 0.3) is 0 Å². The van der Waals surface area contributed by atoms with E-state index < -0.39 is 11.9 Å². The van der Waals surface area contributed by atoms with Crippen molar-refractivity contribution in [3.05, 3.63) is 52.6 Å². The summed E-state index contributed by atoms with van der Waals surface area (Å²) in [5.74, 6) is -0.943. The summed E-state index contributed by atoms with van der Waals surface area (Å²) >= 11 is 0. The van der Waals surface area contributed by atoms with E-state index in [1.54, 1.807) is 19.1 Å². The summed E-state index contributed by atoms with van der Waals surface area (Å²) in [6, 6.07) is 8.15. The molecule has 0 bridgehead atoms. The highest BCUT2D eigenvalue weighted by molar-refractivity contribution is 5.92. The Morgan fingerprint density at radius 1 is 1.43 bits per heavy atom. The van der Waals surface area contributed by atoms with E-state index in [9.17, 15) is 15.2 Å². The van der Waals surface area contributed by atoms with E-state index in [2.05, 4.69) is 0 Å². The number of hydrogen-bond acceptors (Lipinski definition) is 6. The number of carbonyl (C=O) groups excluding carboxylic acids is 1. The fourth-order valence-corrected chi connectivity index (χ4v) is 2.26. The molecule has 0 aliphatic carbocycles. The zero-order valence-corrected chi connectivity index (χ0v) is 11.6. The second kappa shape index (κ2) is 5.59. The SMILES string of the molecule is COC(=O)C1=C(C)OC(N)=C(C#N)C1c1ccc(O)cc1. The van der Waals surface area contributed by atoms with E-state index in [1.807, 2.05) is 6.07 Å². The van der Waals surface area contributed by atoms with Crippen molar-refractivity contribution in [2.24, 2.45) is 5.73 Å². The van der Waals surface area contributed by atoms with Crippen molar-refractivity contribution in [2.45, 2.75) is 12.8 Å². The van der Waals surface area contributed by atoms with Crippen LogP contribution in [0.2, 0.25) is 0 Å². The first-order valence-corrected chi connectivity index (χ1v) is 6.15. The predicted molar refractivity (Wildman–Crippen MR) is 73.5 cm³/mol. The van der Waals surface area contributed by atoms with Crippen molar-refractivity contribution in [2.75, 3.05) is 7.11 Å². The minimum atomic E-state index is -0.684. The lowest BCUT2D eigenvalue weighted by molar-refractivity contribution is -0.136. The molecule has 0 aromatic heterocycles. The summed E-state index contributed by atoms with van der Waals surface area (Å²) in [5, 5.41) is 18.7. The van der Waals surface area contributed by atoms with Gasteiger partial charge in [-0.1, -0.05) is 12.1 Å². The second-order valence-electron chi connectivity index (χ2n) is 4.48. The average Bonchev–Trinajstić information content (AvgIpc) is 2.46. The van der Waals surface area contributed by atoms with Crippen LogP contribution in [0.4, 0.5) is 0 Å². The summed E-state index contributed by atoms with van der Waals surface area (Å²) in [4.78, 5) is 12.0. The molecule has 6 nitrogen and oxygen atoms in total. The van der Waals surface area contributed by atoms with Crippen molar-refractivity contribution in [1.29, 1.82) is 5.26 Å². The maximum absolute atomic E-state index is 12.0. The Balaban J connectivity index is 2.63. The van der Waals surface area contributed by atoms with Gasteiger partial charge in [0.2, 0.25) is 5.88 Å². The van der Waals surface area contributed by atoms with Crippen LogP contribution in [0.15, 0.2) is 47.1 Å². The number of hydrogen-bond donors (Lipinski definition) is 2. The Bertz CT molecular complexity index is 681. The molecule has 108 valence electrons. The molecule has 0 amide bonds. The molecule has 2 rings (SSSR count). The van der Waals surface area contributed by atoms with Crippen molar-refractivity contribution >= 4 is 5.97 Å². The van der Waals surface area contributed by atoms with Gasteiger partial charge in [-0.3, -0.25) is 0 Å². The lowest BCUT2D eigenvalue weighted by atomic mass is 9.83. The molecule has 1 aromatic carbocycles. The molecule has 0 radical (unpaired) electrons. The molecule has 0 saturated carbocycles. The molecule has 0 fully saturated rings. The monoisotopic (exact) mass is 286 g/mol. The molecule has 21 heavy (non-hydrogen) atoms. The van der Waals surface area contributed by atoms with Gasteiger partial charge in [-0.15, -0.1) is 0 Å². The van der Waals surface area contributed by atoms with Gasteiger partial charge in [-0.2, -0.15) is 5.26 Å². The third-order valence-electron chi connectivity index (χ3n) is 3.24. The minimum absolute atomic E-state index is 0.0410. The molecule has 6 heteroatoms. The number of nitrogens with two attached hydrogens (primary N) is 1. The smallest absolute Gasteiger partial charge is 0.338 e. The maximum Gasteiger partial charge on any atom is 0.338 e. The number of ether oxygens (including phenoxy) is 2. The largest absolute Gasteiger partial charge is 0.508 e. The van der Waals surface area contributed by atoms with Crippen LogP contribution in [0, 0.1) is 11.3 Å². The van der Waals surface area contributed by atoms with Crippen molar-refractivity contribution in [1.82, 2.24) is 0 Å². The van der Waals surface area contributed by atoms with Gasteiger partial charge in [0.1, 0.15) is 23.2 Å². The van der Waals surface area contributed by atoms with Crippen LogP contribution in [-0.2, 0) is 14.3 Å². The van der Waals surface area contributed by atoms with E-state index in [-0.39, 0.29) is 28.5 Å². The number of methoxy groups -OCH3 is 1. The lowest BCUT2D eigenvalue weighted by Crippen LogP contribution is -2.24. The van der Waals surface area contributed by atoms with Crippen molar-refractivity contribution < 1.29 is 19.4 Å². The van der Waals surface area contributed by atoms with Crippen LogP contribution < -0.4 is 5.73 Å². The van der Waals surface area contributed by atoms with Crippen LogP contribution in [0.5, 0.6) is 5.75 Å². The first kappa shape index (κ1) is 14.5. The van der Waals surface area contributed by atoms with Gasteiger partial charge >= 0.3 is 5.97 Å². The third-order valence-corrected chi connectivity index (χ3v) is 3.24. The van der Waals surface area contributed by atoms with Crippen LogP contribution >= 0.6 is 0 Å². The van der Waals surface area contributed by atoms with Gasteiger partial charge in [0, 0.05) is 0 Å². The number of carbonyl (C=O) groups is 1. The maximum atomic E-state index is 12.0. The summed E-state index contributed by atoms with van der Waals surface area (Å²) in [7, 11) is 1.25. The summed E-state index contributed by atoms with van der Waals surface area (Å²) < 4.78 is 10.0. The fourth-order valence-electron chi connectivity index (χ4n) is 2.26. The zero-order chi connectivity index (χ0) is 15.6. The molecule has 1 unspecified atom stereocenters. The predicted octanol–water partition coefficient (Wildman–Crippen LogP) is 1.65. The number of nitriles is 1. The van der Waals surface area contributed by atoms with Crippen LogP contribution in [0.1, 0.15) is 18.4 Å². The Labute approximate surface area is 121 Å². The number of phenols is 1. The number of nitrogens with zero attached hydrogens (tertiary/aromatic N) is 1. The van der Waals surface area contributed by atoms with Gasteiger partial charge < -0.3 is 20.3 Å². The third kappa shape index (κ3) is 2.54. The van der Waals surface area contributed by atoms with Crippen molar-refractivity contribution in [3.63, 3.8) is 0 Å². The first-order chi connectivity index (χ1) is 9.99. The summed E-state index contributed by atoms with van der Waals surface area (Å²) in [6.07, 6.45) is 0. The standard InChI is InChI=1S/C15H14N2O4/c1-8-12(15(19)20-2)13(11(7-16)14(17)21-8)9-3-5-10(18)6-4-9/h3-6,13,18H,17H2,1-2H3. The number of esters is 1. The van der Waals surface area contributed by atoms with Crippen LogP contribution in [0.3, 0.4) is 0 Å². The normalized spacial score (nSPS) is 18.0. The minimum Gasteiger partial charge on any atom is -0.508 e. The molecule has 1 aliphatic rings. The van der Waals surface area contributed by atoms with Crippen molar-refractivity contribution in [3.8, 4) is 11.8 Å². The second-order valence-corrected chi connectivity index (χ2v) is 4.48. The highest BCUT2D eigenvalue weighted by Crippen LogP contribution is 2.39. The molecule has 3 N–H and O–H groups in total. The number of allylic oxidation sites excluding steroid dienone is 2. The van der Waals surface area contributed by atoms with E-state index in [1.165, 1.54) is 19.2 Å². The highest BCUT2D eigenvalue weighted by Gasteiger charge is 2.35. The van der Waals surface area contributed by atoms with Gasteiger partial charge in [0.25, 0.3) is 0 Å². The molecular formula is C15H14N2O4. The number of aromatic hydroxyl groups is 1. The molecule has 1 heterocycles. The molecule has 1 aromatic rings. The summed E-state index contributed by atoms with van der Waals surface area (Å²) in [6.45, 7) is 1.58. The summed E-state index contributed by atoms with van der Waals surface area (Å²) in [5.41, 5.74) is 6.72. The Morgan fingerprint density at radius 3 is 2.57 bits per heavy atom. The number of rotatable bonds is 2. The van der Waals surface area contributed by atoms with Gasteiger partial charge in [0.05, 0.1) is 18.6 Å². The Hall–Kier alpha value is -2.94. The van der Waals surface area contributed by atoms with E-state index >= 15 is 0 Å².